The largest absolute Gasteiger partial charge is 0.379 e. The van der Waals surface area contributed by atoms with Gasteiger partial charge in [0.05, 0.1) is 18.9 Å². The summed E-state index contributed by atoms with van der Waals surface area (Å²) >= 11 is 0. The molecule has 2 amide bonds. The van der Waals surface area contributed by atoms with Gasteiger partial charge in [0.25, 0.3) is 0 Å². The van der Waals surface area contributed by atoms with E-state index in [9.17, 15) is 13.6 Å². The van der Waals surface area contributed by atoms with Crippen molar-refractivity contribution < 1.29 is 18.3 Å². The van der Waals surface area contributed by atoms with Crippen LogP contribution in [0, 0.1) is 11.6 Å². The first-order valence-corrected chi connectivity index (χ1v) is 6.95. The van der Waals surface area contributed by atoms with Crippen LogP contribution in [-0.4, -0.2) is 50.3 Å². The molecule has 0 spiro atoms. The molecule has 5 nitrogen and oxygen atoms in total. The first-order chi connectivity index (χ1) is 10.1. The molecule has 0 radical (unpaired) electrons. The summed E-state index contributed by atoms with van der Waals surface area (Å²) in [5, 5.41) is 4.91. The van der Waals surface area contributed by atoms with E-state index in [1.54, 1.807) is 0 Å². The highest BCUT2D eigenvalue weighted by Gasteiger charge is 2.10. The minimum absolute atomic E-state index is 0.166. The number of urea groups is 1. The lowest BCUT2D eigenvalue weighted by Crippen LogP contribution is -2.38. The molecule has 116 valence electrons. The number of nitrogens with zero attached hydrogens (tertiary/aromatic N) is 1. The van der Waals surface area contributed by atoms with Gasteiger partial charge in [-0.3, -0.25) is 4.90 Å². The zero-order chi connectivity index (χ0) is 15.1. The van der Waals surface area contributed by atoms with Crippen molar-refractivity contribution in [3.8, 4) is 0 Å². The van der Waals surface area contributed by atoms with Crippen LogP contribution in [0.25, 0.3) is 0 Å². The Hall–Kier alpha value is -1.73. The number of amides is 2. The first-order valence-electron chi connectivity index (χ1n) is 6.95. The van der Waals surface area contributed by atoms with Crippen molar-refractivity contribution in [2.75, 3.05) is 44.7 Å². The predicted octanol–water partition coefficient (Wildman–Crippen LogP) is 1.81. The normalized spacial score (nSPS) is 15.7. The van der Waals surface area contributed by atoms with Crippen LogP contribution in [0.1, 0.15) is 6.42 Å². The summed E-state index contributed by atoms with van der Waals surface area (Å²) in [4.78, 5) is 13.8. The minimum Gasteiger partial charge on any atom is -0.379 e. The number of nitrogens with one attached hydrogen (secondary N) is 2. The fourth-order valence-electron chi connectivity index (χ4n) is 2.09. The molecule has 1 aromatic carbocycles. The monoisotopic (exact) mass is 299 g/mol. The number of hydrogen-bond donors (Lipinski definition) is 2. The highest BCUT2D eigenvalue weighted by atomic mass is 19.1. The Balaban J connectivity index is 1.66. The van der Waals surface area contributed by atoms with Gasteiger partial charge in [0, 0.05) is 25.7 Å². The van der Waals surface area contributed by atoms with E-state index in [0.29, 0.717) is 6.54 Å². The average molecular weight is 299 g/mol. The third-order valence-corrected chi connectivity index (χ3v) is 3.22. The van der Waals surface area contributed by atoms with Crippen LogP contribution in [-0.2, 0) is 4.74 Å². The van der Waals surface area contributed by atoms with E-state index in [2.05, 4.69) is 15.5 Å². The second kappa shape index (κ2) is 7.90. The molecule has 1 aliphatic rings. The number of morpholine rings is 1. The van der Waals surface area contributed by atoms with Gasteiger partial charge in [0.1, 0.15) is 11.6 Å². The fraction of sp³-hybridized carbons (Fsp3) is 0.500. The van der Waals surface area contributed by atoms with Gasteiger partial charge < -0.3 is 15.4 Å². The smallest absolute Gasteiger partial charge is 0.319 e. The van der Waals surface area contributed by atoms with Crippen molar-refractivity contribution in [2.45, 2.75) is 6.42 Å². The molecule has 1 aromatic rings. The molecule has 0 unspecified atom stereocenters. The Morgan fingerprint density at radius 1 is 1.29 bits per heavy atom. The lowest BCUT2D eigenvalue weighted by Gasteiger charge is -2.26. The zero-order valence-corrected chi connectivity index (χ0v) is 11.7. The number of anilines is 1. The van der Waals surface area contributed by atoms with Crippen molar-refractivity contribution in [1.29, 1.82) is 0 Å². The molecule has 1 fully saturated rings. The summed E-state index contributed by atoms with van der Waals surface area (Å²) in [5.74, 6) is -1.26. The van der Waals surface area contributed by atoms with Gasteiger partial charge in [-0.2, -0.15) is 0 Å². The summed E-state index contributed by atoms with van der Waals surface area (Å²) in [6, 6.07) is 2.38. The molecule has 0 aliphatic carbocycles. The number of hydrogen-bond acceptors (Lipinski definition) is 3. The van der Waals surface area contributed by atoms with Crippen LogP contribution in [0.5, 0.6) is 0 Å². The highest BCUT2D eigenvalue weighted by Crippen LogP contribution is 2.14. The van der Waals surface area contributed by atoms with Crippen LogP contribution in [0.2, 0.25) is 0 Å². The van der Waals surface area contributed by atoms with Crippen LogP contribution < -0.4 is 10.6 Å². The van der Waals surface area contributed by atoms with E-state index >= 15 is 0 Å². The molecule has 0 saturated carbocycles. The molecule has 2 N–H and O–H groups in total. The summed E-state index contributed by atoms with van der Waals surface area (Å²) in [7, 11) is 0. The third kappa shape index (κ3) is 5.28. The third-order valence-electron chi connectivity index (χ3n) is 3.22. The van der Waals surface area contributed by atoms with E-state index in [1.807, 2.05) is 0 Å². The maximum atomic E-state index is 13.3. The van der Waals surface area contributed by atoms with E-state index in [1.165, 1.54) is 0 Å². The van der Waals surface area contributed by atoms with Crippen LogP contribution >= 0.6 is 0 Å². The second-order valence-electron chi connectivity index (χ2n) is 4.81. The van der Waals surface area contributed by atoms with Gasteiger partial charge in [-0.15, -0.1) is 0 Å². The minimum atomic E-state index is -0.667. The number of carbonyl (C=O) groups excluding carboxylic acids is 1. The standard InChI is InChI=1S/C14H19F2N3O2/c15-11-2-3-12(16)13(10-11)18-14(20)17-4-1-5-19-6-8-21-9-7-19/h2-3,10H,1,4-9H2,(H2,17,18,20). The molecule has 0 atom stereocenters. The summed E-state index contributed by atoms with van der Waals surface area (Å²) in [5.41, 5.74) is -0.166. The van der Waals surface area contributed by atoms with Crippen LogP contribution in [0.3, 0.4) is 0 Å². The Bertz CT molecular complexity index is 479. The highest BCUT2D eigenvalue weighted by molar-refractivity contribution is 5.89. The summed E-state index contributed by atoms with van der Waals surface area (Å²) in [6.45, 7) is 4.64. The summed E-state index contributed by atoms with van der Waals surface area (Å²) in [6.07, 6.45) is 0.791. The molecule has 1 aliphatic heterocycles. The molecule has 21 heavy (non-hydrogen) atoms. The molecule has 1 heterocycles. The number of halogens is 2. The predicted molar refractivity (Wildman–Crippen MR) is 75.3 cm³/mol. The quantitative estimate of drug-likeness (QED) is 0.815. The molecule has 7 heteroatoms. The lowest BCUT2D eigenvalue weighted by molar-refractivity contribution is 0.0375. The molecular formula is C14H19F2N3O2. The Morgan fingerprint density at radius 3 is 2.81 bits per heavy atom. The Kier molecular flexibility index (Phi) is 5.89. The van der Waals surface area contributed by atoms with Gasteiger partial charge >= 0.3 is 6.03 Å². The molecule has 0 bridgehead atoms. The summed E-state index contributed by atoms with van der Waals surface area (Å²) < 4.78 is 31.5. The van der Waals surface area contributed by atoms with E-state index in [0.717, 1.165) is 57.5 Å². The maximum absolute atomic E-state index is 13.3. The fourth-order valence-corrected chi connectivity index (χ4v) is 2.09. The van der Waals surface area contributed by atoms with E-state index in [-0.39, 0.29) is 5.69 Å². The van der Waals surface area contributed by atoms with E-state index in [4.69, 9.17) is 4.74 Å². The Labute approximate surface area is 122 Å². The molecular weight excluding hydrogens is 280 g/mol. The van der Waals surface area contributed by atoms with Crippen molar-refractivity contribution in [3.63, 3.8) is 0 Å². The number of rotatable bonds is 5. The molecule has 0 aromatic heterocycles. The van der Waals surface area contributed by atoms with Gasteiger partial charge in [-0.1, -0.05) is 0 Å². The van der Waals surface area contributed by atoms with Crippen molar-refractivity contribution in [1.82, 2.24) is 10.2 Å². The van der Waals surface area contributed by atoms with Crippen LogP contribution in [0.15, 0.2) is 18.2 Å². The van der Waals surface area contributed by atoms with Crippen molar-refractivity contribution in [3.05, 3.63) is 29.8 Å². The Morgan fingerprint density at radius 2 is 2.05 bits per heavy atom. The average Bonchev–Trinajstić information content (AvgIpc) is 2.48. The SMILES string of the molecule is O=C(NCCCN1CCOCC1)Nc1cc(F)ccc1F. The van der Waals surface area contributed by atoms with Crippen LogP contribution in [0.4, 0.5) is 19.3 Å². The first kappa shape index (κ1) is 15.7. The lowest BCUT2D eigenvalue weighted by atomic mass is 10.3. The van der Waals surface area contributed by atoms with E-state index < -0.39 is 17.7 Å². The second-order valence-corrected chi connectivity index (χ2v) is 4.81. The topological polar surface area (TPSA) is 53.6 Å². The number of benzene rings is 1. The number of ether oxygens (including phenoxy) is 1. The van der Waals surface area contributed by atoms with Gasteiger partial charge in [-0.25, -0.2) is 13.6 Å². The molecule has 2 rings (SSSR count). The van der Waals surface area contributed by atoms with Gasteiger partial charge in [0.15, 0.2) is 0 Å². The van der Waals surface area contributed by atoms with Gasteiger partial charge in [-0.05, 0) is 25.1 Å². The van der Waals surface area contributed by atoms with Crippen molar-refractivity contribution in [2.24, 2.45) is 0 Å². The molecule has 1 saturated heterocycles. The zero-order valence-electron chi connectivity index (χ0n) is 11.7. The number of carbonyl (C=O) groups is 1. The maximum Gasteiger partial charge on any atom is 0.319 e. The van der Waals surface area contributed by atoms with Crippen molar-refractivity contribution >= 4 is 11.7 Å². The van der Waals surface area contributed by atoms with Gasteiger partial charge in [0.2, 0.25) is 0 Å².